The number of amides is 2. The minimum Gasteiger partial charge on any atom is -0.338 e. The number of aryl methyl sites for hydroxylation is 1. The smallest absolute Gasteiger partial charge is 0.314 e. The Labute approximate surface area is 113 Å². The zero-order valence-corrected chi connectivity index (χ0v) is 12.0. The third-order valence-corrected chi connectivity index (χ3v) is 3.27. The molecule has 0 saturated heterocycles. The summed E-state index contributed by atoms with van der Waals surface area (Å²) in [7, 11) is 0. The van der Waals surface area contributed by atoms with Gasteiger partial charge < -0.3 is 10.6 Å². The number of unbranched alkanes of at least 4 members (excludes halogenated alkanes) is 1. The summed E-state index contributed by atoms with van der Waals surface area (Å²) in [4.78, 5) is 11.4. The Morgan fingerprint density at radius 2 is 2.00 bits per heavy atom. The standard InChI is InChI=1S/C12H21ClN4O/c1-4-5-6-14-12(18)15-7-8-17-10(3)11(13)9(2)16-17/h4-8H2,1-3H3,(H2,14,15,18). The van der Waals surface area contributed by atoms with Crippen molar-refractivity contribution in [1.82, 2.24) is 20.4 Å². The van der Waals surface area contributed by atoms with Crippen LogP contribution < -0.4 is 10.6 Å². The number of hydrogen-bond acceptors (Lipinski definition) is 2. The van der Waals surface area contributed by atoms with Gasteiger partial charge in [0.25, 0.3) is 0 Å². The van der Waals surface area contributed by atoms with E-state index in [0.29, 0.717) is 24.7 Å². The molecular formula is C12H21ClN4O. The molecular weight excluding hydrogens is 252 g/mol. The molecule has 0 radical (unpaired) electrons. The normalized spacial score (nSPS) is 10.4. The van der Waals surface area contributed by atoms with Crippen molar-refractivity contribution in [2.75, 3.05) is 13.1 Å². The summed E-state index contributed by atoms with van der Waals surface area (Å²) in [6.45, 7) is 7.76. The van der Waals surface area contributed by atoms with Crippen molar-refractivity contribution in [3.63, 3.8) is 0 Å². The van der Waals surface area contributed by atoms with Gasteiger partial charge in [0.1, 0.15) is 0 Å². The molecule has 0 spiro atoms. The van der Waals surface area contributed by atoms with Gasteiger partial charge >= 0.3 is 6.03 Å². The molecule has 2 amide bonds. The summed E-state index contributed by atoms with van der Waals surface area (Å²) in [6.07, 6.45) is 2.07. The molecule has 0 unspecified atom stereocenters. The van der Waals surface area contributed by atoms with Gasteiger partial charge in [0, 0.05) is 13.1 Å². The Bertz CT molecular complexity index is 403. The molecule has 0 bridgehead atoms. The average molecular weight is 273 g/mol. The molecule has 0 fully saturated rings. The summed E-state index contributed by atoms with van der Waals surface area (Å²) in [5, 5.41) is 10.6. The topological polar surface area (TPSA) is 59.0 Å². The number of carbonyl (C=O) groups excluding carboxylic acids is 1. The highest BCUT2D eigenvalue weighted by Gasteiger charge is 2.08. The van der Waals surface area contributed by atoms with Crippen molar-refractivity contribution >= 4 is 17.6 Å². The molecule has 0 aromatic carbocycles. The van der Waals surface area contributed by atoms with E-state index in [9.17, 15) is 4.79 Å². The minimum absolute atomic E-state index is 0.129. The molecule has 6 heteroatoms. The average Bonchev–Trinajstić information content (AvgIpc) is 2.57. The van der Waals surface area contributed by atoms with E-state index in [-0.39, 0.29) is 6.03 Å². The lowest BCUT2D eigenvalue weighted by atomic mass is 10.3. The molecule has 1 rings (SSSR count). The fraction of sp³-hybridized carbons (Fsp3) is 0.667. The second-order valence-corrected chi connectivity index (χ2v) is 4.62. The first-order chi connectivity index (χ1) is 8.56. The molecule has 0 aliphatic rings. The van der Waals surface area contributed by atoms with E-state index in [2.05, 4.69) is 22.7 Å². The number of nitrogens with one attached hydrogen (secondary N) is 2. The molecule has 102 valence electrons. The van der Waals surface area contributed by atoms with Crippen LogP contribution in [-0.2, 0) is 6.54 Å². The Hall–Kier alpha value is -1.23. The van der Waals surface area contributed by atoms with E-state index in [1.807, 2.05) is 18.5 Å². The van der Waals surface area contributed by atoms with Crippen LogP contribution in [-0.4, -0.2) is 28.9 Å². The van der Waals surface area contributed by atoms with Gasteiger partial charge in [0.05, 0.1) is 23.0 Å². The number of hydrogen-bond donors (Lipinski definition) is 2. The van der Waals surface area contributed by atoms with E-state index in [1.54, 1.807) is 0 Å². The summed E-state index contributed by atoms with van der Waals surface area (Å²) in [5.41, 5.74) is 1.75. The molecule has 18 heavy (non-hydrogen) atoms. The molecule has 1 heterocycles. The number of urea groups is 1. The molecule has 0 atom stereocenters. The Kier molecular flexibility index (Phi) is 5.98. The number of rotatable bonds is 6. The van der Waals surface area contributed by atoms with Gasteiger partial charge in [-0.1, -0.05) is 24.9 Å². The van der Waals surface area contributed by atoms with E-state index < -0.39 is 0 Å². The van der Waals surface area contributed by atoms with Gasteiger partial charge in [-0.25, -0.2) is 4.79 Å². The van der Waals surface area contributed by atoms with Gasteiger partial charge in [0.15, 0.2) is 0 Å². The first kappa shape index (κ1) is 14.8. The zero-order valence-electron chi connectivity index (χ0n) is 11.2. The molecule has 1 aromatic heterocycles. The predicted octanol–water partition coefficient (Wildman–Crippen LogP) is 2.25. The largest absolute Gasteiger partial charge is 0.338 e. The molecule has 5 nitrogen and oxygen atoms in total. The Balaban J connectivity index is 2.29. The molecule has 0 aliphatic carbocycles. The maximum Gasteiger partial charge on any atom is 0.314 e. The van der Waals surface area contributed by atoms with Crippen LogP contribution in [0.15, 0.2) is 0 Å². The van der Waals surface area contributed by atoms with Crippen LogP contribution in [0.3, 0.4) is 0 Å². The second kappa shape index (κ2) is 7.26. The van der Waals surface area contributed by atoms with Crippen molar-refractivity contribution in [1.29, 1.82) is 0 Å². The van der Waals surface area contributed by atoms with Crippen molar-refractivity contribution in [2.24, 2.45) is 0 Å². The molecule has 0 saturated carbocycles. The first-order valence-electron chi connectivity index (χ1n) is 6.27. The third-order valence-electron chi connectivity index (χ3n) is 2.72. The second-order valence-electron chi connectivity index (χ2n) is 4.24. The van der Waals surface area contributed by atoms with Crippen LogP contribution in [0, 0.1) is 13.8 Å². The Morgan fingerprint density at radius 3 is 2.56 bits per heavy atom. The number of aromatic nitrogens is 2. The van der Waals surface area contributed by atoms with Crippen molar-refractivity contribution < 1.29 is 4.79 Å². The molecule has 2 N–H and O–H groups in total. The lowest BCUT2D eigenvalue weighted by Gasteiger charge is -2.08. The molecule has 0 aliphatic heterocycles. The number of nitrogens with zero attached hydrogens (tertiary/aromatic N) is 2. The van der Waals surface area contributed by atoms with Gasteiger partial charge in [-0.15, -0.1) is 0 Å². The fourth-order valence-corrected chi connectivity index (χ4v) is 1.74. The minimum atomic E-state index is -0.129. The maximum absolute atomic E-state index is 11.4. The van der Waals surface area contributed by atoms with Crippen LogP contribution in [0.5, 0.6) is 0 Å². The van der Waals surface area contributed by atoms with E-state index in [4.69, 9.17) is 11.6 Å². The summed E-state index contributed by atoms with van der Waals surface area (Å²) in [5.74, 6) is 0. The lowest BCUT2D eigenvalue weighted by molar-refractivity contribution is 0.240. The summed E-state index contributed by atoms with van der Waals surface area (Å²) >= 11 is 6.04. The quantitative estimate of drug-likeness (QED) is 0.781. The highest BCUT2D eigenvalue weighted by molar-refractivity contribution is 6.31. The van der Waals surface area contributed by atoms with Crippen LogP contribution in [0.1, 0.15) is 31.2 Å². The summed E-state index contributed by atoms with van der Waals surface area (Å²) in [6, 6.07) is -0.129. The van der Waals surface area contributed by atoms with Gasteiger partial charge in [0.2, 0.25) is 0 Å². The predicted molar refractivity (Wildman–Crippen MR) is 73.0 cm³/mol. The van der Waals surface area contributed by atoms with Crippen LogP contribution >= 0.6 is 11.6 Å². The Morgan fingerprint density at radius 1 is 1.33 bits per heavy atom. The van der Waals surface area contributed by atoms with Gasteiger partial charge in [-0.3, -0.25) is 4.68 Å². The van der Waals surface area contributed by atoms with Crippen LogP contribution in [0.25, 0.3) is 0 Å². The monoisotopic (exact) mass is 272 g/mol. The number of carbonyl (C=O) groups is 1. The van der Waals surface area contributed by atoms with Crippen molar-refractivity contribution in [2.45, 2.75) is 40.2 Å². The highest BCUT2D eigenvalue weighted by atomic mass is 35.5. The van der Waals surface area contributed by atoms with Gasteiger partial charge in [-0.05, 0) is 20.3 Å². The highest BCUT2D eigenvalue weighted by Crippen LogP contribution is 2.18. The zero-order chi connectivity index (χ0) is 13.5. The third kappa shape index (κ3) is 4.22. The number of halogens is 1. The fourth-order valence-electron chi connectivity index (χ4n) is 1.61. The SMILES string of the molecule is CCCCNC(=O)NCCn1nc(C)c(Cl)c1C. The van der Waals surface area contributed by atoms with Crippen molar-refractivity contribution in [3.8, 4) is 0 Å². The molecule has 1 aromatic rings. The van der Waals surface area contributed by atoms with Crippen molar-refractivity contribution in [3.05, 3.63) is 16.4 Å². The van der Waals surface area contributed by atoms with E-state index in [1.165, 1.54) is 0 Å². The lowest BCUT2D eigenvalue weighted by Crippen LogP contribution is -2.37. The summed E-state index contributed by atoms with van der Waals surface area (Å²) < 4.78 is 1.81. The van der Waals surface area contributed by atoms with Gasteiger partial charge in [-0.2, -0.15) is 5.10 Å². The first-order valence-corrected chi connectivity index (χ1v) is 6.65. The van der Waals surface area contributed by atoms with Crippen LogP contribution in [0.4, 0.5) is 4.79 Å². The maximum atomic E-state index is 11.4. The van der Waals surface area contributed by atoms with Crippen LogP contribution in [0.2, 0.25) is 5.02 Å². The van der Waals surface area contributed by atoms with E-state index >= 15 is 0 Å². The van der Waals surface area contributed by atoms with E-state index in [0.717, 1.165) is 24.2 Å².